The minimum absolute atomic E-state index is 0.0506. The van der Waals surface area contributed by atoms with Crippen molar-refractivity contribution in [3.8, 4) is 0 Å². The summed E-state index contributed by atoms with van der Waals surface area (Å²) < 4.78 is 0.965. The number of benzene rings is 1. The summed E-state index contributed by atoms with van der Waals surface area (Å²) >= 11 is 3.39. The Labute approximate surface area is 139 Å². The molecule has 22 heavy (non-hydrogen) atoms. The van der Waals surface area contributed by atoms with Gasteiger partial charge in [0.2, 0.25) is 11.8 Å². The third kappa shape index (κ3) is 4.30. The van der Waals surface area contributed by atoms with E-state index in [-0.39, 0.29) is 30.3 Å². The summed E-state index contributed by atoms with van der Waals surface area (Å²) in [4.78, 5) is 25.9. The van der Waals surface area contributed by atoms with Crippen molar-refractivity contribution in [1.29, 1.82) is 0 Å². The van der Waals surface area contributed by atoms with E-state index >= 15 is 0 Å². The van der Waals surface area contributed by atoms with E-state index in [1.165, 1.54) is 6.92 Å². The number of nitrogens with zero attached hydrogens (tertiary/aromatic N) is 1. The smallest absolute Gasteiger partial charge is 0.225 e. The summed E-state index contributed by atoms with van der Waals surface area (Å²) in [5.41, 5.74) is 6.66. The van der Waals surface area contributed by atoms with Crippen LogP contribution in [0.3, 0.4) is 0 Å². The summed E-state index contributed by atoms with van der Waals surface area (Å²) in [5, 5.41) is 2.87. The number of amides is 2. The second kappa shape index (κ2) is 7.74. The predicted octanol–water partition coefficient (Wildman–Crippen LogP) is 1.97. The first kappa shape index (κ1) is 17.0. The molecule has 1 heterocycles. The SMILES string of the molecule is CC(=O)N[C@H](CC(=O)N1CCC[C@H]1CN)c1ccc(Br)cc1. The summed E-state index contributed by atoms with van der Waals surface area (Å²) in [5.74, 6) is -0.0906. The van der Waals surface area contributed by atoms with Gasteiger partial charge < -0.3 is 16.0 Å². The normalized spacial score (nSPS) is 19.0. The molecule has 1 aromatic rings. The Morgan fingerprint density at radius 3 is 2.68 bits per heavy atom. The van der Waals surface area contributed by atoms with Crippen molar-refractivity contribution in [3.63, 3.8) is 0 Å². The van der Waals surface area contributed by atoms with Crippen LogP contribution in [0.4, 0.5) is 0 Å². The lowest BCUT2D eigenvalue weighted by Gasteiger charge is -2.26. The molecule has 2 rings (SSSR count). The van der Waals surface area contributed by atoms with Crippen molar-refractivity contribution in [2.24, 2.45) is 5.73 Å². The maximum Gasteiger partial charge on any atom is 0.225 e. The van der Waals surface area contributed by atoms with E-state index in [0.29, 0.717) is 6.54 Å². The lowest BCUT2D eigenvalue weighted by atomic mass is 10.0. The molecule has 0 radical (unpaired) electrons. The van der Waals surface area contributed by atoms with E-state index in [9.17, 15) is 9.59 Å². The number of rotatable bonds is 5. The molecule has 120 valence electrons. The fourth-order valence-electron chi connectivity index (χ4n) is 2.89. The molecular weight excluding hydrogens is 346 g/mol. The Bertz CT molecular complexity index is 533. The number of hydrogen-bond donors (Lipinski definition) is 2. The van der Waals surface area contributed by atoms with E-state index in [1.807, 2.05) is 29.2 Å². The summed E-state index contributed by atoms with van der Waals surface area (Å²) in [6, 6.07) is 7.48. The molecule has 2 atom stereocenters. The average molecular weight is 368 g/mol. The zero-order valence-corrected chi connectivity index (χ0v) is 14.3. The maximum absolute atomic E-state index is 12.6. The molecule has 3 N–H and O–H groups in total. The van der Waals surface area contributed by atoms with Crippen molar-refractivity contribution in [1.82, 2.24) is 10.2 Å². The van der Waals surface area contributed by atoms with Gasteiger partial charge in [0.05, 0.1) is 12.5 Å². The summed E-state index contributed by atoms with van der Waals surface area (Å²) in [7, 11) is 0. The van der Waals surface area contributed by atoms with Crippen LogP contribution in [0.5, 0.6) is 0 Å². The highest BCUT2D eigenvalue weighted by atomic mass is 79.9. The number of nitrogens with two attached hydrogens (primary N) is 1. The fourth-order valence-corrected chi connectivity index (χ4v) is 3.16. The van der Waals surface area contributed by atoms with Crippen LogP contribution in [-0.2, 0) is 9.59 Å². The van der Waals surface area contributed by atoms with Gasteiger partial charge in [-0.05, 0) is 30.5 Å². The first-order valence-electron chi connectivity index (χ1n) is 7.53. The molecule has 0 saturated carbocycles. The minimum atomic E-state index is -0.308. The van der Waals surface area contributed by atoms with Gasteiger partial charge in [-0.3, -0.25) is 9.59 Å². The molecular formula is C16H22BrN3O2. The lowest BCUT2D eigenvalue weighted by Crippen LogP contribution is -2.41. The Hall–Kier alpha value is -1.40. The Morgan fingerprint density at radius 2 is 2.09 bits per heavy atom. The minimum Gasteiger partial charge on any atom is -0.349 e. The van der Waals surface area contributed by atoms with Crippen LogP contribution >= 0.6 is 15.9 Å². The zero-order valence-electron chi connectivity index (χ0n) is 12.7. The van der Waals surface area contributed by atoms with Crippen molar-refractivity contribution in [2.45, 2.75) is 38.3 Å². The number of carbonyl (C=O) groups excluding carboxylic acids is 2. The van der Waals surface area contributed by atoms with Crippen molar-refractivity contribution >= 4 is 27.7 Å². The quantitative estimate of drug-likeness (QED) is 0.835. The summed E-state index contributed by atoms with van der Waals surface area (Å²) in [6.07, 6.45) is 2.22. The maximum atomic E-state index is 12.6. The van der Waals surface area contributed by atoms with Gasteiger partial charge in [-0.25, -0.2) is 0 Å². The van der Waals surface area contributed by atoms with Crippen LogP contribution in [0.2, 0.25) is 0 Å². The molecule has 1 aliphatic rings. The monoisotopic (exact) mass is 367 g/mol. The second-order valence-electron chi connectivity index (χ2n) is 5.63. The molecule has 1 fully saturated rings. The second-order valence-corrected chi connectivity index (χ2v) is 6.54. The third-order valence-corrected chi connectivity index (χ3v) is 4.53. The van der Waals surface area contributed by atoms with Crippen molar-refractivity contribution < 1.29 is 9.59 Å². The molecule has 0 unspecified atom stereocenters. The highest BCUT2D eigenvalue weighted by molar-refractivity contribution is 9.10. The van der Waals surface area contributed by atoms with Gasteiger partial charge in [-0.1, -0.05) is 28.1 Å². The predicted molar refractivity (Wildman–Crippen MR) is 89.1 cm³/mol. The van der Waals surface area contributed by atoms with Crippen LogP contribution in [0, 0.1) is 0 Å². The molecule has 0 spiro atoms. The Kier molecular flexibility index (Phi) is 5.97. The topological polar surface area (TPSA) is 75.4 Å². The first-order chi connectivity index (χ1) is 10.5. The Morgan fingerprint density at radius 1 is 1.41 bits per heavy atom. The number of hydrogen-bond acceptors (Lipinski definition) is 3. The highest BCUT2D eigenvalue weighted by Crippen LogP contribution is 2.23. The van der Waals surface area contributed by atoms with E-state index in [4.69, 9.17) is 5.73 Å². The first-order valence-corrected chi connectivity index (χ1v) is 8.32. The molecule has 0 aliphatic carbocycles. The molecule has 0 bridgehead atoms. The van der Waals surface area contributed by atoms with E-state index in [0.717, 1.165) is 29.4 Å². The van der Waals surface area contributed by atoms with Crippen molar-refractivity contribution in [3.05, 3.63) is 34.3 Å². The van der Waals surface area contributed by atoms with Gasteiger partial charge in [-0.2, -0.15) is 0 Å². The van der Waals surface area contributed by atoms with E-state index in [2.05, 4.69) is 21.2 Å². The summed E-state index contributed by atoms with van der Waals surface area (Å²) in [6.45, 7) is 2.72. The standard InChI is InChI=1S/C16H22BrN3O2/c1-11(21)19-15(12-4-6-13(17)7-5-12)9-16(22)20-8-2-3-14(20)10-18/h4-7,14-15H,2-3,8-10,18H2,1H3,(H,19,21)/t14-,15+/m0/s1. The lowest BCUT2D eigenvalue weighted by molar-refractivity contribution is -0.132. The largest absolute Gasteiger partial charge is 0.349 e. The molecule has 1 saturated heterocycles. The number of likely N-dealkylation sites (tertiary alicyclic amines) is 1. The van der Waals surface area contributed by atoms with Crippen molar-refractivity contribution in [2.75, 3.05) is 13.1 Å². The van der Waals surface area contributed by atoms with Gasteiger partial charge in [0, 0.05) is 30.5 Å². The van der Waals surface area contributed by atoms with Gasteiger partial charge in [0.15, 0.2) is 0 Å². The van der Waals surface area contributed by atoms with Crippen LogP contribution in [-0.4, -0.2) is 35.8 Å². The van der Waals surface area contributed by atoms with Crippen LogP contribution < -0.4 is 11.1 Å². The number of halogens is 1. The number of nitrogens with one attached hydrogen (secondary N) is 1. The average Bonchev–Trinajstić information content (AvgIpc) is 2.95. The van der Waals surface area contributed by atoms with Crippen LogP contribution in [0.15, 0.2) is 28.7 Å². The van der Waals surface area contributed by atoms with Gasteiger partial charge in [0.25, 0.3) is 0 Å². The van der Waals surface area contributed by atoms with Crippen LogP contribution in [0.25, 0.3) is 0 Å². The number of carbonyl (C=O) groups is 2. The molecule has 1 aliphatic heterocycles. The molecule has 1 aromatic carbocycles. The zero-order chi connectivity index (χ0) is 16.1. The highest BCUT2D eigenvalue weighted by Gasteiger charge is 2.29. The fraction of sp³-hybridized carbons (Fsp3) is 0.500. The van der Waals surface area contributed by atoms with E-state index < -0.39 is 0 Å². The molecule has 5 nitrogen and oxygen atoms in total. The molecule has 6 heteroatoms. The van der Waals surface area contributed by atoms with E-state index in [1.54, 1.807) is 0 Å². The third-order valence-electron chi connectivity index (χ3n) is 4.00. The van der Waals surface area contributed by atoms with Gasteiger partial charge >= 0.3 is 0 Å². The molecule has 2 amide bonds. The van der Waals surface area contributed by atoms with Gasteiger partial charge in [-0.15, -0.1) is 0 Å². The van der Waals surface area contributed by atoms with Crippen LogP contribution in [0.1, 0.15) is 37.8 Å². The van der Waals surface area contributed by atoms with Gasteiger partial charge in [0.1, 0.15) is 0 Å². The Balaban J connectivity index is 2.10. The molecule has 0 aromatic heterocycles.